The first-order valence-corrected chi connectivity index (χ1v) is 7.45. The van der Waals surface area contributed by atoms with E-state index in [0.717, 1.165) is 10.6 Å². The molecule has 0 aliphatic carbocycles. The molecule has 0 saturated heterocycles. The van der Waals surface area contributed by atoms with Crippen molar-refractivity contribution < 1.29 is 0 Å². The van der Waals surface area contributed by atoms with Crippen molar-refractivity contribution in [1.82, 2.24) is 4.98 Å². The zero-order valence-electron chi connectivity index (χ0n) is 8.96. The van der Waals surface area contributed by atoms with Crippen molar-refractivity contribution in [1.29, 1.82) is 0 Å². The molecular formula is C12H7Cl4NS. The van der Waals surface area contributed by atoms with Gasteiger partial charge in [-0.2, -0.15) is 0 Å². The molecule has 0 amide bonds. The van der Waals surface area contributed by atoms with Gasteiger partial charge in [0.1, 0.15) is 5.15 Å². The van der Waals surface area contributed by atoms with Crippen LogP contribution >= 0.6 is 58.2 Å². The molecule has 2 rings (SSSR count). The third-order valence-corrected chi connectivity index (χ3v) is 4.45. The van der Waals surface area contributed by atoms with Gasteiger partial charge in [0.25, 0.3) is 0 Å². The summed E-state index contributed by atoms with van der Waals surface area (Å²) in [5.41, 5.74) is 0.750. The van der Waals surface area contributed by atoms with Gasteiger partial charge < -0.3 is 0 Å². The maximum Gasteiger partial charge on any atom is 0.129 e. The minimum absolute atomic E-state index is 0.434. The molecule has 0 aliphatic rings. The summed E-state index contributed by atoms with van der Waals surface area (Å²) in [4.78, 5) is 5.18. The fraction of sp³-hybridized carbons (Fsp3) is 0.0833. The highest BCUT2D eigenvalue weighted by atomic mass is 35.5. The Bertz CT molecular complexity index is 574. The lowest BCUT2D eigenvalue weighted by molar-refractivity contribution is 1.17. The summed E-state index contributed by atoms with van der Waals surface area (Å²) in [7, 11) is 0. The fourth-order valence-corrected chi connectivity index (χ4v) is 2.95. The van der Waals surface area contributed by atoms with Gasteiger partial charge in [-0.25, -0.2) is 4.98 Å². The Labute approximate surface area is 129 Å². The summed E-state index contributed by atoms with van der Waals surface area (Å²) >= 11 is 25.2. The van der Waals surface area contributed by atoms with Crippen molar-refractivity contribution in [3.05, 3.63) is 56.2 Å². The predicted molar refractivity (Wildman–Crippen MR) is 80.3 cm³/mol. The summed E-state index contributed by atoms with van der Waals surface area (Å²) in [6.45, 7) is 0. The second-order valence-corrected chi connectivity index (χ2v) is 6.08. The van der Waals surface area contributed by atoms with Gasteiger partial charge in [0.05, 0.1) is 20.8 Å². The van der Waals surface area contributed by atoms with Gasteiger partial charge in [-0.1, -0.05) is 46.4 Å². The third kappa shape index (κ3) is 3.69. The van der Waals surface area contributed by atoms with Crippen LogP contribution in [-0.4, -0.2) is 4.98 Å². The number of hydrogen-bond acceptors (Lipinski definition) is 2. The molecule has 0 radical (unpaired) electrons. The van der Waals surface area contributed by atoms with Crippen LogP contribution < -0.4 is 0 Å². The number of rotatable bonds is 3. The summed E-state index contributed by atoms with van der Waals surface area (Å²) in [5.74, 6) is 0.622. The summed E-state index contributed by atoms with van der Waals surface area (Å²) in [6, 6.07) is 8.88. The van der Waals surface area contributed by atoms with Crippen molar-refractivity contribution >= 4 is 58.2 Å². The molecule has 1 nitrogen and oxygen atoms in total. The van der Waals surface area contributed by atoms with Crippen molar-refractivity contribution in [2.75, 3.05) is 0 Å². The van der Waals surface area contributed by atoms with Gasteiger partial charge in [-0.05, 0) is 30.3 Å². The topological polar surface area (TPSA) is 12.9 Å². The van der Waals surface area contributed by atoms with Crippen LogP contribution in [0.3, 0.4) is 0 Å². The SMILES string of the molecule is Clc1ccc(Cl)c(CSc2ccc(Cl)c(Cl)c2)n1. The van der Waals surface area contributed by atoms with E-state index in [1.165, 1.54) is 0 Å². The van der Waals surface area contributed by atoms with Crippen LogP contribution in [0.15, 0.2) is 35.2 Å². The van der Waals surface area contributed by atoms with Gasteiger partial charge in [0, 0.05) is 10.6 Å². The van der Waals surface area contributed by atoms with E-state index in [0.29, 0.717) is 26.0 Å². The molecule has 0 atom stereocenters. The molecule has 0 aliphatic heterocycles. The van der Waals surface area contributed by atoms with E-state index >= 15 is 0 Å². The van der Waals surface area contributed by atoms with E-state index in [4.69, 9.17) is 46.4 Å². The van der Waals surface area contributed by atoms with Gasteiger partial charge in [-0.3, -0.25) is 0 Å². The average Bonchev–Trinajstić information content (AvgIpc) is 2.34. The number of pyridine rings is 1. The predicted octanol–water partition coefficient (Wildman–Crippen LogP) is 5.99. The number of benzene rings is 1. The van der Waals surface area contributed by atoms with E-state index in [1.54, 1.807) is 30.0 Å². The Morgan fingerprint density at radius 2 is 1.61 bits per heavy atom. The van der Waals surface area contributed by atoms with Crippen LogP contribution in [0.25, 0.3) is 0 Å². The number of aromatic nitrogens is 1. The lowest BCUT2D eigenvalue weighted by atomic mass is 10.4. The molecule has 0 fully saturated rings. The lowest BCUT2D eigenvalue weighted by Gasteiger charge is -2.05. The molecular weight excluding hydrogens is 332 g/mol. The van der Waals surface area contributed by atoms with E-state index in [2.05, 4.69) is 4.98 Å². The molecule has 0 spiro atoms. The molecule has 0 saturated carbocycles. The Balaban J connectivity index is 2.11. The van der Waals surface area contributed by atoms with E-state index in [1.807, 2.05) is 12.1 Å². The van der Waals surface area contributed by atoms with Gasteiger partial charge in [-0.15, -0.1) is 11.8 Å². The van der Waals surface area contributed by atoms with Crippen LogP contribution in [0.2, 0.25) is 20.2 Å². The first-order chi connectivity index (χ1) is 8.56. The highest BCUT2D eigenvalue weighted by Gasteiger charge is 2.05. The van der Waals surface area contributed by atoms with Crippen LogP contribution in [0.4, 0.5) is 0 Å². The third-order valence-electron chi connectivity index (χ3n) is 2.15. The Morgan fingerprint density at radius 1 is 0.889 bits per heavy atom. The molecule has 0 N–H and O–H groups in total. The van der Waals surface area contributed by atoms with Crippen LogP contribution in [0, 0.1) is 0 Å². The van der Waals surface area contributed by atoms with E-state index in [-0.39, 0.29) is 0 Å². The lowest BCUT2D eigenvalue weighted by Crippen LogP contribution is -1.89. The number of nitrogens with zero attached hydrogens (tertiary/aromatic N) is 1. The maximum atomic E-state index is 6.04. The van der Waals surface area contributed by atoms with E-state index < -0.39 is 0 Å². The number of halogens is 4. The van der Waals surface area contributed by atoms with Crippen molar-refractivity contribution in [3.8, 4) is 0 Å². The number of hydrogen-bond donors (Lipinski definition) is 0. The van der Waals surface area contributed by atoms with Crippen LogP contribution in [0.5, 0.6) is 0 Å². The highest BCUT2D eigenvalue weighted by molar-refractivity contribution is 7.98. The van der Waals surface area contributed by atoms with Crippen molar-refractivity contribution in [3.63, 3.8) is 0 Å². The molecule has 6 heteroatoms. The van der Waals surface area contributed by atoms with Gasteiger partial charge in [0.15, 0.2) is 0 Å². The quantitative estimate of drug-likeness (QED) is 0.503. The molecule has 1 heterocycles. The fourth-order valence-electron chi connectivity index (χ4n) is 1.28. The molecule has 0 unspecified atom stereocenters. The van der Waals surface area contributed by atoms with Crippen LogP contribution in [-0.2, 0) is 5.75 Å². The molecule has 18 heavy (non-hydrogen) atoms. The molecule has 1 aromatic heterocycles. The zero-order valence-corrected chi connectivity index (χ0v) is 12.8. The second kappa shape index (κ2) is 6.36. The first kappa shape index (κ1) is 14.3. The smallest absolute Gasteiger partial charge is 0.129 e. The van der Waals surface area contributed by atoms with Crippen molar-refractivity contribution in [2.45, 2.75) is 10.6 Å². The highest BCUT2D eigenvalue weighted by Crippen LogP contribution is 2.31. The Morgan fingerprint density at radius 3 is 2.33 bits per heavy atom. The minimum Gasteiger partial charge on any atom is -0.239 e. The van der Waals surface area contributed by atoms with Crippen molar-refractivity contribution in [2.24, 2.45) is 0 Å². The van der Waals surface area contributed by atoms with E-state index in [9.17, 15) is 0 Å². The average molecular weight is 339 g/mol. The Kier molecular flexibility index (Phi) is 5.05. The molecule has 0 bridgehead atoms. The number of thioether (sulfide) groups is 1. The Hall–Kier alpha value is -0.120. The van der Waals surface area contributed by atoms with Crippen LogP contribution in [0.1, 0.15) is 5.69 Å². The minimum atomic E-state index is 0.434. The summed E-state index contributed by atoms with van der Waals surface area (Å²) < 4.78 is 0. The molecule has 2 aromatic rings. The normalized spacial score (nSPS) is 10.7. The van der Waals surface area contributed by atoms with Gasteiger partial charge in [0.2, 0.25) is 0 Å². The summed E-state index contributed by atoms with van der Waals surface area (Å²) in [5, 5.41) is 2.11. The molecule has 1 aromatic carbocycles. The molecule has 94 valence electrons. The first-order valence-electron chi connectivity index (χ1n) is 4.95. The maximum absolute atomic E-state index is 6.04. The van der Waals surface area contributed by atoms with Gasteiger partial charge >= 0.3 is 0 Å². The monoisotopic (exact) mass is 337 g/mol. The largest absolute Gasteiger partial charge is 0.239 e. The summed E-state index contributed by atoms with van der Waals surface area (Å²) in [6.07, 6.45) is 0. The standard InChI is InChI=1S/C12H7Cl4NS/c13-8-2-1-7(5-10(8)15)18-6-11-9(14)3-4-12(16)17-11/h1-5H,6H2. The second-order valence-electron chi connectivity index (χ2n) is 3.43. The zero-order chi connectivity index (χ0) is 13.1.